The van der Waals surface area contributed by atoms with E-state index in [4.69, 9.17) is 4.98 Å². The van der Waals surface area contributed by atoms with E-state index >= 15 is 0 Å². The van der Waals surface area contributed by atoms with Crippen LogP contribution in [0.3, 0.4) is 0 Å². The van der Waals surface area contributed by atoms with Crippen molar-refractivity contribution in [2.24, 2.45) is 5.92 Å². The number of anilines is 2. The monoisotopic (exact) mass is 395 g/mol. The second-order valence-electron chi connectivity index (χ2n) is 7.39. The Morgan fingerprint density at radius 3 is 2.86 bits per heavy atom. The van der Waals surface area contributed by atoms with Crippen LogP contribution in [0.5, 0.6) is 0 Å². The number of benzene rings is 1. The molecule has 0 radical (unpaired) electrons. The molecule has 28 heavy (non-hydrogen) atoms. The van der Waals surface area contributed by atoms with Gasteiger partial charge in [-0.15, -0.1) is 0 Å². The van der Waals surface area contributed by atoms with Gasteiger partial charge in [0.05, 0.1) is 5.92 Å². The van der Waals surface area contributed by atoms with Gasteiger partial charge in [0.15, 0.2) is 5.13 Å². The summed E-state index contributed by atoms with van der Waals surface area (Å²) in [5.41, 5.74) is 3.20. The first-order valence-electron chi connectivity index (χ1n) is 9.60. The lowest BCUT2D eigenvalue weighted by atomic mass is 9.97. The van der Waals surface area contributed by atoms with E-state index in [1.165, 1.54) is 0 Å². The molecule has 1 aromatic carbocycles. The summed E-state index contributed by atoms with van der Waals surface area (Å²) in [5.74, 6) is 0.121. The van der Waals surface area contributed by atoms with Crippen molar-refractivity contribution in [1.82, 2.24) is 15.3 Å². The molecule has 2 aromatic heterocycles. The topological polar surface area (TPSA) is 61.4 Å². The molecule has 1 atom stereocenters. The van der Waals surface area contributed by atoms with Gasteiger partial charge in [0, 0.05) is 45.6 Å². The van der Waals surface area contributed by atoms with Crippen molar-refractivity contribution in [2.75, 3.05) is 37.0 Å². The minimum absolute atomic E-state index is 0.00484. The summed E-state index contributed by atoms with van der Waals surface area (Å²) in [4.78, 5) is 27.0. The average molecular weight is 396 g/mol. The van der Waals surface area contributed by atoms with E-state index in [9.17, 15) is 4.79 Å². The number of thiazole rings is 1. The lowest BCUT2D eigenvalue weighted by molar-refractivity contribution is -0.125. The normalized spacial score (nSPS) is 16.9. The van der Waals surface area contributed by atoms with Gasteiger partial charge >= 0.3 is 0 Å². The first-order chi connectivity index (χ1) is 13.6. The summed E-state index contributed by atoms with van der Waals surface area (Å²) in [5, 5.41) is 4.07. The fraction of sp³-hybridized carbons (Fsp3) is 0.381. The van der Waals surface area contributed by atoms with Crippen molar-refractivity contribution in [3.05, 3.63) is 48.2 Å². The molecule has 1 saturated heterocycles. The molecule has 0 unspecified atom stereocenters. The third kappa shape index (κ3) is 4.09. The minimum atomic E-state index is -0.00484. The molecule has 6 nitrogen and oxygen atoms in total. The van der Waals surface area contributed by atoms with Gasteiger partial charge in [0.2, 0.25) is 5.91 Å². The Kier molecular flexibility index (Phi) is 5.43. The summed E-state index contributed by atoms with van der Waals surface area (Å²) >= 11 is 1.60. The zero-order valence-electron chi connectivity index (χ0n) is 16.3. The number of carbonyl (C=O) groups excluding carboxylic acids is 1. The maximum absolute atomic E-state index is 12.7. The van der Waals surface area contributed by atoms with Crippen LogP contribution in [-0.4, -0.2) is 43.1 Å². The molecule has 0 bridgehead atoms. The zero-order valence-corrected chi connectivity index (χ0v) is 17.1. The molecule has 0 aliphatic carbocycles. The van der Waals surface area contributed by atoms with Crippen LogP contribution in [0.25, 0.3) is 10.3 Å². The summed E-state index contributed by atoms with van der Waals surface area (Å²) < 4.78 is 0. The van der Waals surface area contributed by atoms with Crippen LogP contribution < -0.4 is 15.1 Å². The van der Waals surface area contributed by atoms with Gasteiger partial charge in [-0.1, -0.05) is 23.5 Å². The molecular formula is C21H25N5OS. The van der Waals surface area contributed by atoms with Gasteiger partial charge in [-0.3, -0.25) is 4.79 Å². The molecular weight excluding hydrogens is 370 g/mol. The fourth-order valence-electron chi connectivity index (χ4n) is 3.50. The van der Waals surface area contributed by atoms with E-state index in [-0.39, 0.29) is 11.8 Å². The second-order valence-corrected chi connectivity index (χ2v) is 8.34. The van der Waals surface area contributed by atoms with E-state index in [1.807, 2.05) is 26.2 Å². The first kappa shape index (κ1) is 18.7. The number of rotatable bonds is 5. The lowest BCUT2D eigenvalue weighted by Gasteiger charge is -2.31. The highest BCUT2D eigenvalue weighted by atomic mass is 32.1. The number of carbonyl (C=O) groups is 1. The first-order valence-corrected chi connectivity index (χ1v) is 10.4. The summed E-state index contributed by atoms with van der Waals surface area (Å²) in [7, 11) is 4.04. The zero-order chi connectivity index (χ0) is 19.5. The highest BCUT2D eigenvalue weighted by Gasteiger charge is 2.27. The maximum atomic E-state index is 12.7. The summed E-state index contributed by atoms with van der Waals surface area (Å²) in [6.45, 7) is 2.22. The van der Waals surface area contributed by atoms with Crippen LogP contribution in [0.2, 0.25) is 0 Å². The van der Waals surface area contributed by atoms with Gasteiger partial charge in [0.25, 0.3) is 0 Å². The number of aromatic nitrogens is 2. The van der Waals surface area contributed by atoms with Gasteiger partial charge in [0.1, 0.15) is 10.3 Å². The molecule has 1 aliphatic heterocycles. The number of fused-ring (bicyclic) bond motifs is 1. The number of hydrogen-bond donors (Lipinski definition) is 1. The SMILES string of the molecule is CN(C)c1ccc(CNC(=O)[C@@H]2CCCN(c3nc4cccnc4s3)C2)cc1. The quantitative estimate of drug-likeness (QED) is 0.718. The van der Waals surface area contributed by atoms with Gasteiger partial charge in [-0.25, -0.2) is 9.97 Å². The standard InChI is InChI=1S/C21H25N5OS/c1-25(2)17-9-7-15(8-10-17)13-23-19(27)16-5-4-12-26(14-16)21-24-18-6-3-11-22-20(18)28-21/h3,6-11,16H,4-5,12-14H2,1-2H3,(H,23,27)/t16-/m1/s1. The van der Waals surface area contributed by atoms with E-state index in [0.29, 0.717) is 13.1 Å². The number of pyridine rings is 1. The van der Waals surface area contributed by atoms with Gasteiger partial charge in [-0.05, 0) is 42.7 Å². The van der Waals surface area contributed by atoms with Crippen molar-refractivity contribution < 1.29 is 4.79 Å². The van der Waals surface area contributed by atoms with Crippen LogP contribution in [0, 0.1) is 5.92 Å². The molecule has 4 rings (SSSR count). The van der Waals surface area contributed by atoms with E-state index in [2.05, 4.69) is 44.4 Å². The number of piperidine rings is 1. The molecule has 1 N–H and O–H groups in total. The maximum Gasteiger partial charge on any atom is 0.225 e. The third-order valence-electron chi connectivity index (χ3n) is 5.14. The molecule has 3 aromatic rings. The smallest absolute Gasteiger partial charge is 0.225 e. The fourth-order valence-corrected chi connectivity index (χ4v) is 4.45. The van der Waals surface area contributed by atoms with Gasteiger partial charge in [-0.2, -0.15) is 0 Å². The summed E-state index contributed by atoms with van der Waals surface area (Å²) in [6.07, 6.45) is 3.71. The van der Waals surface area contributed by atoms with E-state index in [0.717, 1.165) is 46.1 Å². The van der Waals surface area contributed by atoms with Crippen molar-refractivity contribution in [3.63, 3.8) is 0 Å². The van der Waals surface area contributed by atoms with Crippen LogP contribution in [0.1, 0.15) is 18.4 Å². The molecule has 0 saturated carbocycles. The van der Waals surface area contributed by atoms with Gasteiger partial charge < -0.3 is 15.1 Å². The van der Waals surface area contributed by atoms with Crippen molar-refractivity contribution in [2.45, 2.75) is 19.4 Å². The van der Waals surface area contributed by atoms with E-state index in [1.54, 1.807) is 17.5 Å². The van der Waals surface area contributed by atoms with Crippen molar-refractivity contribution in [1.29, 1.82) is 0 Å². The molecule has 3 heterocycles. The average Bonchev–Trinajstić information content (AvgIpc) is 3.17. The highest BCUT2D eigenvalue weighted by molar-refractivity contribution is 7.21. The van der Waals surface area contributed by atoms with Crippen LogP contribution >= 0.6 is 11.3 Å². The van der Waals surface area contributed by atoms with E-state index < -0.39 is 0 Å². The second kappa shape index (κ2) is 8.14. The number of amides is 1. The molecule has 7 heteroatoms. The Bertz CT molecular complexity index is 920. The Morgan fingerprint density at radius 1 is 1.29 bits per heavy atom. The Hall–Kier alpha value is -2.67. The molecule has 146 valence electrons. The molecule has 1 aliphatic rings. The Labute approximate surface area is 169 Å². The number of nitrogens with one attached hydrogen (secondary N) is 1. The Morgan fingerprint density at radius 2 is 2.11 bits per heavy atom. The largest absolute Gasteiger partial charge is 0.378 e. The third-order valence-corrected chi connectivity index (χ3v) is 6.18. The highest BCUT2D eigenvalue weighted by Crippen LogP contribution is 2.30. The van der Waals surface area contributed by atoms with Crippen molar-refractivity contribution in [3.8, 4) is 0 Å². The number of hydrogen-bond acceptors (Lipinski definition) is 6. The Balaban J connectivity index is 1.36. The van der Waals surface area contributed by atoms with Crippen LogP contribution in [0.4, 0.5) is 10.8 Å². The predicted molar refractivity (Wildman–Crippen MR) is 115 cm³/mol. The molecule has 1 fully saturated rings. The molecule has 0 spiro atoms. The predicted octanol–water partition coefficient (Wildman–Crippen LogP) is 3.29. The number of nitrogens with zero attached hydrogens (tertiary/aromatic N) is 4. The summed E-state index contributed by atoms with van der Waals surface area (Å²) in [6, 6.07) is 12.2. The van der Waals surface area contributed by atoms with Crippen molar-refractivity contribution >= 4 is 38.4 Å². The van der Waals surface area contributed by atoms with Crippen LogP contribution in [-0.2, 0) is 11.3 Å². The van der Waals surface area contributed by atoms with Crippen LogP contribution in [0.15, 0.2) is 42.6 Å². The molecule has 1 amide bonds. The minimum Gasteiger partial charge on any atom is -0.378 e. The lowest BCUT2D eigenvalue weighted by Crippen LogP contribution is -2.42.